The number of benzene rings is 2. The van der Waals surface area contributed by atoms with Crippen LogP contribution in [-0.2, 0) is 25.5 Å². The molecule has 1 saturated heterocycles. The van der Waals surface area contributed by atoms with Crippen LogP contribution in [0.3, 0.4) is 0 Å². The van der Waals surface area contributed by atoms with Gasteiger partial charge in [-0.2, -0.15) is 0 Å². The second kappa shape index (κ2) is 14.0. The Balaban J connectivity index is 1.36. The van der Waals surface area contributed by atoms with Gasteiger partial charge in [0.2, 0.25) is 0 Å². The lowest BCUT2D eigenvalue weighted by atomic mass is 10.0. The van der Waals surface area contributed by atoms with Crippen LogP contribution in [0, 0.1) is 0 Å². The smallest absolute Gasteiger partial charge is 0.331 e. The number of nitrogens with zero attached hydrogens (tertiary/aromatic N) is 7. The van der Waals surface area contributed by atoms with E-state index in [1.54, 1.807) is 29.3 Å². The molecule has 0 unspecified atom stereocenters. The number of piperazine rings is 1. The molecule has 1 fully saturated rings. The first kappa shape index (κ1) is 32.2. The molecule has 248 valence electrons. The number of carbonyl (C=O) groups excluding carboxylic acids is 3. The Bertz CT molecular complexity index is 1970. The normalized spacial score (nSPS) is 14.5. The second-order valence-electron chi connectivity index (χ2n) is 11.7. The number of fused-ring (bicyclic) bond motifs is 1. The van der Waals surface area contributed by atoms with Crippen LogP contribution in [-0.4, -0.2) is 102 Å². The molecule has 6 rings (SSSR count). The van der Waals surface area contributed by atoms with Crippen LogP contribution < -0.4 is 5.32 Å². The zero-order valence-electron chi connectivity index (χ0n) is 26.5. The first-order valence-corrected chi connectivity index (χ1v) is 15.6. The van der Waals surface area contributed by atoms with E-state index in [0.717, 1.165) is 16.5 Å². The number of H-pyrrole nitrogens is 1. The second-order valence-corrected chi connectivity index (χ2v) is 11.7. The van der Waals surface area contributed by atoms with Gasteiger partial charge in [-0.15, -0.1) is 10.2 Å². The van der Waals surface area contributed by atoms with Gasteiger partial charge in [0, 0.05) is 72.8 Å². The van der Waals surface area contributed by atoms with Crippen molar-refractivity contribution in [3.8, 4) is 22.5 Å². The van der Waals surface area contributed by atoms with E-state index in [1.165, 1.54) is 29.6 Å². The van der Waals surface area contributed by atoms with E-state index < -0.39 is 24.0 Å². The third-order valence-corrected chi connectivity index (χ3v) is 8.45. The summed E-state index contributed by atoms with van der Waals surface area (Å²) in [6, 6.07) is 11.0. The van der Waals surface area contributed by atoms with E-state index in [0.29, 0.717) is 60.7 Å². The van der Waals surface area contributed by atoms with Crippen molar-refractivity contribution in [2.45, 2.75) is 38.3 Å². The summed E-state index contributed by atoms with van der Waals surface area (Å²) in [7, 11) is 1.32. The van der Waals surface area contributed by atoms with Gasteiger partial charge in [0.15, 0.2) is 12.1 Å². The minimum atomic E-state index is -1.14. The van der Waals surface area contributed by atoms with Crippen molar-refractivity contribution in [3.63, 3.8) is 0 Å². The maximum Gasteiger partial charge on any atom is 0.331 e. The molecule has 15 nitrogen and oxygen atoms in total. The molecule has 0 bridgehead atoms. The Labute approximate surface area is 274 Å². The van der Waals surface area contributed by atoms with Gasteiger partial charge in [0.1, 0.15) is 17.2 Å². The fourth-order valence-electron chi connectivity index (χ4n) is 5.86. The van der Waals surface area contributed by atoms with Crippen molar-refractivity contribution in [2.75, 3.05) is 33.3 Å². The number of para-hydroxylation sites is 1. The van der Waals surface area contributed by atoms with Gasteiger partial charge in [0.05, 0.1) is 19.5 Å². The number of ether oxygens (including phenoxy) is 1. The van der Waals surface area contributed by atoms with Crippen molar-refractivity contribution in [1.82, 2.24) is 45.2 Å². The number of nitrogens with one attached hydrogen (secondary N) is 2. The van der Waals surface area contributed by atoms with Crippen LogP contribution in [0.4, 0.5) is 0 Å². The molecular formula is C33H35N9O6. The molecular weight excluding hydrogens is 618 g/mol. The predicted octanol–water partition coefficient (Wildman–Crippen LogP) is 2.68. The highest BCUT2D eigenvalue weighted by molar-refractivity contribution is 5.97. The lowest BCUT2D eigenvalue weighted by molar-refractivity contribution is -0.145. The molecule has 15 heteroatoms. The van der Waals surface area contributed by atoms with Gasteiger partial charge in [-0.25, -0.2) is 19.0 Å². The number of amides is 1. The number of ketones is 1. The molecule has 2 atom stereocenters. The van der Waals surface area contributed by atoms with Gasteiger partial charge < -0.3 is 29.8 Å². The Kier molecular flexibility index (Phi) is 9.38. The zero-order valence-corrected chi connectivity index (χ0v) is 26.5. The number of hydrogen-bond acceptors (Lipinski definition) is 10. The standard InChI is InChI=1S/C33H35N9O6/c1-20(43)7-8-29(32(45)46)41-18-27(36-38-41)21-13-22(15-23(14-21)31(44)40-11-9-34-10-12-40)28-19-42(39-37-28)30(33(47)48-2)16-24-17-35-26-6-4-3-5-25(24)26/h3-6,13-15,17-19,29-30,34-35H,7-12,16H2,1-2H3,(H,45,46)/t29-,30-/m0/s1. The van der Waals surface area contributed by atoms with Gasteiger partial charge in [-0.3, -0.25) is 4.79 Å². The van der Waals surface area contributed by atoms with Crippen molar-refractivity contribution in [1.29, 1.82) is 0 Å². The first-order valence-electron chi connectivity index (χ1n) is 15.6. The molecule has 0 spiro atoms. The number of carboxylic acids is 1. The lowest BCUT2D eigenvalue weighted by Gasteiger charge is -2.27. The van der Waals surface area contributed by atoms with Crippen LogP contribution in [0.5, 0.6) is 0 Å². The Morgan fingerprint density at radius 3 is 2.21 bits per heavy atom. The molecule has 2 aromatic carbocycles. The minimum Gasteiger partial charge on any atom is -0.480 e. The van der Waals surface area contributed by atoms with E-state index >= 15 is 0 Å². The van der Waals surface area contributed by atoms with Crippen LogP contribution in [0.2, 0.25) is 0 Å². The number of methoxy groups -OCH3 is 1. The summed E-state index contributed by atoms with van der Waals surface area (Å²) in [4.78, 5) is 55.2. The van der Waals surface area contributed by atoms with Crippen molar-refractivity contribution < 1.29 is 29.0 Å². The quantitative estimate of drug-likeness (QED) is 0.168. The molecule has 0 saturated carbocycles. The zero-order chi connectivity index (χ0) is 33.8. The molecule has 0 radical (unpaired) electrons. The fraction of sp³-hybridized carbons (Fsp3) is 0.333. The maximum atomic E-state index is 13.7. The summed E-state index contributed by atoms with van der Waals surface area (Å²) in [6.45, 7) is 3.82. The van der Waals surface area contributed by atoms with Gasteiger partial charge in [-0.1, -0.05) is 28.6 Å². The Morgan fingerprint density at radius 1 is 0.938 bits per heavy atom. The van der Waals surface area contributed by atoms with Crippen LogP contribution in [0.25, 0.3) is 33.4 Å². The highest BCUT2D eigenvalue weighted by Crippen LogP contribution is 2.30. The number of esters is 1. The first-order chi connectivity index (χ1) is 23.2. The van der Waals surface area contributed by atoms with E-state index in [2.05, 4.69) is 30.9 Å². The molecule has 5 aromatic rings. The minimum absolute atomic E-state index is 0.0588. The summed E-state index contributed by atoms with van der Waals surface area (Å²) in [5.74, 6) is -1.94. The number of carbonyl (C=O) groups is 4. The number of Topliss-reactive ketones (excluding diaryl/α,β-unsaturated/α-hetero) is 1. The topological polar surface area (TPSA) is 190 Å². The molecule has 3 N–H and O–H groups in total. The molecule has 0 aliphatic carbocycles. The average molecular weight is 654 g/mol. The largest absolute Gasteiger partial charge is 0.480 e. The average Bonchev–Trinajstić information content (AvgIpc) is 3.87. The van der Waals surface area contributed by atoms with Crippen molar-refractivity contribution in [3.05, 3.63) is 72.2 Å². The monoisotopic (exact) mass is 653 g/mol. The third kappa shape index (κ3) is 6.85. The van der Waals surface area contributed by atoms with Gasteiger partial charge in [0.25, 0.3) is 5.91 Å². The van der Waals surface area contributed by atoms with E-state index in [1.807, 2.05) is 30.5 Å². The van der Waals surface area contributed by atoms with E-state index in [-0.39, 0.29) is 24.5 Å². The predicted molar refractivity (Wildman–Crippen MR) is 173 cm³/mol. The summed E-state index contributed by atoms with van der Waals surface area (Å²) in [5.41, 5.74) is 4.01. The van der Waals surface area contributed by atoms with Gasteiger partial charge in [-0.05, 0) is 43.2 Å². The summed E-state index contributed by atoms with van der Waals surface area (Å²) < 4.78 is 7.80. The number of aliphatic carboxylic acids is 1. The number of rotatable bonds is 12. The van der Waals surface area contributed by atoms with E-state index in [9.17, 15) is 24.3 Å². The van der Waals surface area contributed by atoms with Gasteiger partial charge >= 0.3 is 11.9 Å². The summed E-state index contributed by atoms with van der Waals surface area (Å²) in [6.07, 6.45) is 5.41. The van der Waals surface area contributed by atoms with Crippen LogP contribution in [0.15, 0.2) is 61.1 Å². The SMILES string of the molecule is COC(=O)[C@H](Cc1c[nH]c2ccccc12)n1cc(-c2cc(C(=O)N3CCNCC3)cc(-c3cn([C@@H](CCC(C)=O)C(=O)O)nn3)c2)nn1. The van der Waals surface area contributed by atoms with Crippen LogP contribution >= 0.6 is 0 Å². The molecule has 1 aliphatic heterocycles. The third-order valence-electron chi connectivity index (χ3n) is 8.45. The Hall–Kier alpha value is -5.70. The van der Waals surface area contributed by atoms with Crippen molar-refractivity contribution >= 4 is 34.5 Å². The molecule has 1 aliphatic rings. The molecule has 3 aromatic heterocycles. The lowest BCUT2D eigenvalue weighted by Crippen LogP contribution is -2.46. The Morgan fingerprint density at radius 2 is 1.58 bits per heavy atom. The molecule has 48 heavy (non-hydrogen) atoms. The fourth-order valence-corrected chi connectivity index (χ4v) is 5.86. The maximum absolute atomic E-state index is 13.7. The number of aromatic nitrogens is 7. The number of carboxylic acid groups (broad SMARTS) is 1. The molecule has 1 amide bonds. The summed E-state index contributed by atoms with van der Waals surface area (Å²) in [5, 5.41) is 31.0. The van der Waals surface area contributed by atoms with E-state index in [4.69, 9.17) is 4.74 Å². The highest BCUT2D eigenvalue weighted by Gasteiger charge is 2.27. The van der Waals surface area contributed by atoms with Crippen molar-refractivity contribution in [2.24, 2.45) is 0 Å². The summed E-state index contributed by atoms with van der Waals surface area (Å²) >= 11 is 0. The number of aromatic amines is 1. The van der Waals surface area contributed by atoms with Crippen LogP contribution in [0.1, 0.15) is 47.8 Å². The molecule has 4 heterocycles. The highest BCUT2D eigenvalue weighted by atomic mass is 16.5. The number of hydrogen-bond donors (Lipinski definition) is 3.